The molecule has 1 aromatic carbocycles. The van der Waals surface area contributed by atoms with Gasteiger partial charge in [0.05, 0.1) is 5.41 Å². The molecule has 1 saturated carbocycles. The summed E-state index contributed by atoms with van der Waals surface area (Å²) >= 11 is 6.02. The Labute approximate surface area is 135 Å². The van der Waals surface area contributed by atoms with E-state index >= 15 is 0 Å². The molecule has 22 heavy (non-hydrogen) atoms. The number of hydrogen-bond acceptors (Lipinski definition) is 2. The Kier molecular flexibility index (Phi) is 3.92. The van der Waals surface area contributed by atoms with Crippen LogP contribution in [0.3, 0.4) is 0 Å². The minimum atomic E-state index is -0.398. The number of hydrogen-bond donors (Lipinski definition) is 1. The highest BCUT2D eigenvalue weighted by Crippen LogP contribution is 2.49. The van der Waals surface area contributed by atoms with Crippen molar-refractivity contribution in [2.75, 3.05) is 5.32 Å². The Hall–Kier alpha value is -1.87. The number of nitrogens with one attached hydrogen (secondary N) is 1. The fourth-order valence-electron chi connectivity index (χ4n) is 2.64. The largest absolute Gasteiger partial charge is 0.310 e. The van der Waals surface area contributed by atoms with Crippen molar-refractivity contribution in [3.05, 3.63) is 58.2 Å². The number of halogens is 1. The van der Waals surface area contributed by atoms with Crippen molar-refractivity contribution in [2.45, 2.75) is 38.5 Å². The van der Waals surface area contributed by atoms with Gasteiger partial charge in [-0.1, -0.05) is 48.9 Å². The number of benzene rings is 1. The highest BCUT2D eigenvalue weighted by molar-refractivity contribution is 6.30. The number of amides is 1. The van der Waals surface area contributed by atoms with Crippen LogP contribution in [-0.2, 0) is 16.6 Å². The molecule has 0 saturated heterocycles. The van der Waals surface area contributed by atoms with E-state index in [-0.39, 0.29) is 5.91 Å². The maximum atomic E-state index is 12.7. The van der Waals surface area contributed by atoms with Crippen LogP contribution < -0.4 is 5.32 Å². The van der Waals surface area contributed by atoms with Crippen LogP contribution in [0.2, 0.25) is 5.15 Å². The zero-order chi connectivity index (χ0) is 15.7. The second kappa shape index (κ2) is 5.73. The molecule has 1 aliphatic carbocycles. The zero-order valence-corrected chi connectivity index (χ0v) is 13.6. The molecular weight excluding hydrogens is 296 g/mol. The second-order valence-corrected chi connectivity index (χ2v) is 6.25. The minimum Gasteiger partial charge on any atom is -0.310 e. The third-order valence-corrected chi connectivity index (χ3v) is 4.76. The predicted molar refractivity (Wildman–Crippen MR) is 89.3 cm³/mol. The van der Waals surface area contributed by atoms with Gasteiger partial charge in [-0.05, 0) is 48.9 Å². The average Bonchev–Trinajstić information content (AvgIpc) is 3.33. The summed E-state index contributed by atoms with van der Waals surface area (Å²) in [6.45, 7) is 4.01. The summed E-state index contributed by atoms with van der Waals surface area (Å²) < 4.78 is 0. The fraction of sp³-hybridized carbons (Fsp3) is 0.333. The Balaban J connectivity index is 1.79. The topological polar surface area (TPSA) is 42.0 Å². The molecule has 0 bridgehead atoms. The summed E-state index contributed by atoms with van der Waals surface area (Å²) in [5.74, 6) is 0.515. The van der Waals surface area contributed by atoms with E-state index in [4.69, 9.17) is 11.6 Å². The normalized spacial score (nSPS) is 15.4. The van der Waals surface area contributed by atoms with Crippen LogP contribution in [0, 0.1) is 6.92 Å². The molecule has 2 aromatic rings. The molecule has 0 radical (unpaired) electrons. The number of anilines is 1. The van der Waals surface area contributed by atoms with Crippen LogP contribution in [0.25, 0.3) is 0 Å². The number of pyridine rings is 1. The number of carbonyl (C=O) groups is 1. The minimum absolute atomic E-state index is 0.00386. The standard InChI is InChI=1S/C18H19ClN2O/c1-3-13-5-7-14(8-6-13)18(10-11-18)17(22)21-15-9-4-12(2)16(19)20-15/h4-9H,3,10-11H2,1-2H3,(H,20,21,22). The number of rotatable bonds is 4. The van der Waals surface area contributed by atoms with Gasteiger partial charge in [-0.15, -0.1) is 0 Å². The van der Waals surface area contributed by atoms with Gasteiger partial charge in [-0.25, -0.2) is 4.98 Å². The first-order valence-corrected chi connectivity index (χ1v) is 7.97. The number of nitrogens with zero attached hydrogens (tertiary/aromatic N) is 1. The van der Waals surface area contributed by atoms with Gasteiger partial charge in [0.15, 0.2) is 0 Å². The molecule has 1 aliphatic rings. The monoisotopic (exact) mass is 314 g/mol. The smallest absolute Gasteiger partial charge is 0.236 e. The van der Waals surface area contributed by atoms with Gasteiger partial charge < -0.3 is 5.32 Å². The third-order valence-electron chi connectivity index (χ3n) is 4.38. The van der Waals surface area contributed by atoms with E-state index < -0.39 is 5.41 Å². The average molecular weight is 315 g/mol. The first-order valence-electron chi connectivity index (χ1n) is 7.59. The van der Waals surface area contributed by atoms with Crippen molar-refractivity contribution in [1.29, 1.82) is 0 Å². The summed E-state index contributed by atoms with van der Waals surface area (Å²) in [4.78, 5) is 16.9. The Morgan fingerprint density at radius 3 is 2.45 bits per heavy atom. The molecule has 3 nitrogen and oxygen atoms in total. The van der Waals surface area contributed by atoms with E-state index in [0.717, 1.165) is 30.4 Å². The lowest BCUT2D eigenvalue weighted by Gasteiger charge is -2.16. The molecule has 1 fully saturated rings. The van der Waals surface area contributed by atoms with E-state index in [9.17, 15) is 4.79 Å². The molecule has 1 N–H and O–H groups in total. The first-order chi connectivity index (χ1) is 10.5. The molecule has 1 heterocycles. The lowest BCUT2D eigenvalue weighted by Crippen LogP contribution is -2.28. The lowest BCUT2D eigenvalue weighted by molar-refractivity contribution is -0.118. The van der Waals surface area contributed by atoms with Crippen molar-refractivity contribution in [3.63, 3.8) is 0 Å². The summed E-state index contributed by atoms with van der Waals surface area (Å²) in [6, 6.07) is 12.0. The van der Waals surface area contributed by atoms with E-state index in [1.807, 2.05) is 13.0 Å². The molecule has 3 rings (SSSR count). The van der Waals surface area contributed by atoms with Crippen LogP contribution in [0.1, 0.15) is 36.5 Å². The van der Waals surface area contributed by atoms with E-state index in [1.165, 1.54) is 5.56 Å². The molecule has 0 atom stereocenters. The fourth-order valence-corrected chi connectivity index (χ4v) is 2.79. The second-order valence-electron chi connectivity index (χ2n) is 5.89. The SMILES string of the molecule is CCc1ccc(C2(C(=O)Nc3ccc(C)c(Cl)n3)CC2)cc1. The van der Waals surface area contributed by atoms with Gasteiger partial charge in [0.2, 0.25) is 5.91 Å². The zero-order valence-electron chi connectivity index (χ0n) is 12.8. The number of aryl methyl sites for hydroxylation is 2. The number of aromatic nitrogens is 1. The first kappa shape index (κ1) is 15.0. The third kappa shape index (κ3) is 2.73. The van der Waals surface area contributed by atoms with Crippen molar-refractivity contribution in [2.24, 2.45) is 0 Å². The predicted octanol–water partition coefficient (Wildman–Crippen LogP) is 4.28. The molecule has 114 valence electrons. The van der Waals surface area contributed by atoms with Crippen molar-refractivity contribution >= 4 is 23.3 Å². The molecule has 1 amide bonds. The number of carbonyl (C=O) groups excluding carboxylic acids is 1. The molecule has 0 spiro atoms. The van der Waals surface area contributed by atoms with Gasteiger partial charge in [-0.2, -0.15) is 0 Å². The Morgan fingerprint density at radius 2 is 1.91 bits per heavy atom. The Morgan fingerprint density at radius 1 is 1.23 bits per heavy atom. The van der Waals surface area contributed by atoms with Gasteiger partial charge in [0.1, 0.15) is 11.0 Å². The van der Waals surface area contributed by atoms with Gasteiger partial charge in [0, 0.05) is 0 Å². The van der Waals surface area contributed by atoms with Crippen molar-refractivity contribution < 1.29 is 4.79 Å². The van der Waals surface area contributed by atoms with Crippen LogP contribution in [-0.4, -0.2) is 10.9 Å². The quantitative estimate of drug-likeness (QED) is 0.856. The molecular formula is C18H19ClN2O. The summed E-state index contributed by atoms with van der Waals surface area (Å²) in [7, 11) is 0. The molecule has 4 heteroatoms. The van der Waals surface area contributed by atoms with E-state index in [2.05, 4.69) is 41.5 Å². The van der Waals surface area contributed by atoms with Crippen LogP contribution >= 0.6 is 11.6 Å². The molecule has 0 unspecified atom stereocenters. The van der Waals surface area contributed by atoms with Gasteiger partial charge in [-0.3, -0.25) is 4.79 Å². The summed E-state index contributed by atoms with van der Waals surface area (Å²) in [5, 5.41) is 3.33. The lowest BCUT2D eigenvalue weighted by atomic mass is 9.93. The van der Waals surface area contributed by atoms with Crippen LogP contribution in [0.5, 0.6) is 0 Å². The molecule has 1 aromatic heterocycles. The van der Waals surface area contributed by atoms with E-state index in [0.29, 0.717) is 11.0 Å². The van der Waals surface area contributed by atoms with E-state index in [1.54, 1.807) is 6.07 Å². The summed E-state index contributed by atoms with van der Waals surface area (Å²) in [6.07, 6.45) is 2.76. The van der Waals surface area contributed by atoms with Gasteiger partial charge >= 0.3 is 0 Å². The Bertz CT molecular complexity index is 706. The highest BCUT2D eigenvalue weighted by atomic mass is 35.5. The maximum Gasteiger partial charge on any atom is 0.236 e. The van der Waals surface area contributed by atoms with Crippen LogP contribution in [0.15, 0.2) is 36.4 Å². The van der Waals surface area contributed by atoms with Crippen molar-refractivity contribution in [1.82, 2.24) is 4.98 Å². The highest BCUT2D eigenvalue weighted by Gasteiger charge is 2.51. The van der Waals surface area contributed by atoms with Crippen molar-refractivity contribution in [3.8, 4) is 0 Å². The van der Waals surface area contributed by atoms with Crippen LogP contribution in [0.4, 0.5) is 5.82 Å². The van der Waals surface area contributed by atoms with Gasteiger partial charge in [0.25, 0.3) is 0 Å². The maximum absolute atomic E-state index is 12.7. The molecule has 0 aliphatic heterocycles. The summed E-state index contributed by atoms with van der Waals surface area (Å²) in [5.41, 5.74) is 2.87.